The van der Waals surface area contributed by atoms with Gasteiger partial charge in [0.05, 0.1) is 18.7 Å². The first-order valence-electron chi connectivity index (χ1n) is 8.76. The average Bonchev–Trinajstić information content (AvgIpc) is 2.67. The van der Waals surface area contributed by atoms with E-state index in [1.54, 1.807) is 43.3 Å². The fourth-order valence-electron chi connectivity index (χ4n) is 2.43. The van der Waals surface area contributed by atoms with Crippen LogP contribution in [0.25, 0.3) is 0 Å². The summed E-state index contributed by atoms with van der Waals surface area (Å²) in [5, 5.41) is 3.15. The topological polar surface area (TPSA) is 64.6 Å². The molecule has 1 N–H and O–H groups in total. The Morgan fingerprint density at radius 2 is 1.78 bits per heavy atom. The van der Waals surface area contributed by atoms with Crippen molar-refractivity contribution in [1.29, 1.82) is 0 Å². The maximum Gasteiger partial charge on any atom is 0.337 e. The lowest BCUT2D eigenvalue weighted by Gasteiger charge is -2.15. The SMILES string of the molecule is COC(=O)c1ccc(N[C@@H](C)C(=O)c2cccc(OCC=C(C)C)c2)cc1. The van der Waals surface area contributed by atoms with E-state index in [0.29, 0.717) is 23.5 Å². The van der Waals surface area contributed by atoms with E-state index in [4.69, 9.17) is 4.74 Å². The molecule has 0 aliphatic heterocycles. The molecule has 0 aliphatic carbocycles. The van der Waals surface area contributed by atoms with Crippen molar-refractivity contribution in [2.24, 2.45) is 0 Å². The lowest BCUT2D eigenvalue weighted by atomic mass is 10.0. The summed E-state index contributed by atoms with van der Waals surface area (Å²) in [5.74, 6) is 0.225. The van der Waals surface area contributed by atoms with Gasteiger partial charge in [0.2, 0.25) is 0 Å². The van der Waals surface area contributed by atoms with Gasteiger partial charge in [-0.05, 0) is 63.2 Å². The van der Waals surface area contributed by atoms with Crippen molar-refractivity contribution in [2.45, 2.75) is 26.8 Å². The Kier molecular flexibility index (Phi) is 7.17. The van der Waals surface area contributed by atoms with Crippen LogP contribution in [0.15, 0.2) is 60.2 Å². The van der Waals surface area contributed by atoms with Crippen LogP contribution >= 0.6 is 0 Å². The maximum absolute atomic E-state index is 12.7. The zero-order valence-corrected chi connectivity index (χ0v) is 16.1. The molecule has 0 unspecified atom stereocenters. The number of allylic oxidation sites excluding steroid dienone is 1. The number of methoxy groups -OCH3 is 1. The van der Waals surface area contributed by atoms with Gasteiger partial charge in [0.15, 0.2) is 5.78 Å². The summed E-state index contributed by atoms with van der Waals surface area (Å²) in [6.07, 6.45) is 1.98. The van der Waals surface area contributed by atoms with Crippen LogP contribution < -0.4 is 10.1 Å². The van der Waals surface area contributed by atoms with Crippen molar-refractivity contribution in [3.63, 3.8) is 0 Å². The van der Waals surface area contributed by atoms with Crippen molar-refractivity contribution in [1.82, 2.24) is 0 Å². The second-order valence-corrected chi connectivity index (χ2v) is 6.42. The van der Waals surface area contributed by atoms with Gasteiger partial charge in [-0.3, -0.25) is 4.79 Å². The molecule has 0 spiro atoms. The molecule has 1 atom stereocenters. The minimum atomic E-state index is -0.429. The highest BCUT2D eigenvalue weighted by atomic mass is 16.5. The Bertz CT molecular complexity index is 820. The number of carbonyl (C=O) groups is 2. The van der Waals surface area contributed by atoms with E-state index in [1.807, 2.05) is 32.1 Å². The van der Waals surface area contributed by atoms with Crippen LogP contribution in [0.4, 0.5) is 5.69 Å². The number of ether oxygens (including phenoxy) is 2. The minimum Gasteiger partial charge on any atom is -0.490 e. The summed E-state index contributed by atoms with van der Waals surface area (Å²) in [6.45, 7) is 6.29. The standard InChI is InChI=1S/C22H25NO4/c1-15(2)12-13-27-20-7-5-6-18(14-20)21(24)16(3)23-19-10-8-17(9-11-19)22(25)26-4/h5-12,14,16,23H,13H2,1-4H3/t16-/m0/s1. The molecule has 5 heteroatoms. The first-order valence-corrected chi connectivity index (χ1v) is 8.76. The minimum absolute atomic E-state index is 0.0419. The van der Waals surface area contributed by atoms with Crippen molar-refractivity contribution in [2.75, 3.05) is 19.0 Å². The van der Waals surface area contributed by atoms with Gasteiger partial charge in [0, 0.05) is 11.3 Å². The van der Waals surface area contributed by atoms with Crippen molar-refractivity contribution >= 4 is 17.4 Å². The summed E-state index contributed by atoms with van der Waals surface area (Å²) < 4.78 is 10.3. The number of nitrogens with one attached hydrogen (secondary N) is 1. The van der Waals surface area contributed by atoms with Crippen molar-refractivity contribution < 1.29 is 19.1 Å². The molecule has 27 heavy (non-hydrogen) atoms. The average molecular weight is 367 g/mol. The van der Waals surface area contributed by atoms with Crippen LogP contribution in [-0.2, 0) is 4.74 Å². The second-order valence-electron chi connectivity index (χ2n) is 6.42. The van der Waals surface area contributed by atoms with E-state index in [9.17, 15) is 9.59 Å². The van der Waals surface area contributed by atoms with E-state index in [1.165, 1.54) is 12.7 Å². The van der Waals surface area contributed by atoms with Crippen LogP contribution in [0.3, 0.4) is 0 Å². The van der Waals surface area contributed by atoms with Crippen LogP contribution in [-0.4, -0.2) is 31.5 Å². The Hall–Kier alpha value is -3.08. The molecule has 142 valence electrons. The van der Waals surface area contributed by atoms with Crippen molar-refractivity contribution in [3.8, 4) is 5.75 Å². The summed E-state index contributed by atoms with van der Waals surface area (Å²) in [4.78, 5) is 24.2. The number of ketones is 1. The van der Waals surface area contributed by atoms with Gasteiger partial charge in [-0.15, -0.1) is 0 Å². The lowest BCUT2D eigenvalue weighted by Crippen LogP contribution is -2.26. The fraction of sp³-hybridized carbons (Fsp3) is 0.273. The van der Waals surface area contributed by atoms with Crippen LogP contribution in [0, 0.1) is 0 Å². The van der Waals surface area contributed by atoms with Gasteiger partial charge in [-0.2, -0.15) is 0 Å². The number of hydrogen-bond donors (Lipinski definition) is 1. The monoisotopic (exact) mass is 367 g/mol. The normalized spacial score (nSPS) is 11.3. The molecule has 0 radical (unpaired) electrons. The molecule has 0 fully saturated rings. The predicted molar refractivity (Wildman–Crippen MR) is 107 cm³/mol. The quantitative estimate of drug-likeness (QED) is 0.423. The number of carbonyl (C=O) groups excluding carboxylic acids is 2. The van der Waals surface area contributed by atoms with Gasteiger partial charge in [-0.25, -0.2) is 4.79 Å². The second kappa shape index (κ2) is 9.57. The van der Waals surface area contributed by atoms with Gasteiger partial charge in [0.25, 0.3) is 0 Å². The summed E-state index contributed by atoms with van der Waals surface area (Å²) in [5.41, 5.74) is 2.97. The van der Waals surface area contributed by atoms with E-state index >= 15 is 0 Å². The molecule has 2 aromatic rings. The maximum atomic E-state index is 12.7. The largest absolute Gasteiger partial charge is 0.490 e. The van der Waals surface area contributed by atoms with E-state index < -0.39 is 12.0 Å². The number of rotatable bonds is 8. The van der Waals surface area contributed by atoms with Crippen molar-refractivity contribution in [3.05, 3.63) is 71.3 Å². The molecule has 0 heterocycles. The summed E-state index contributed by atoms with van der Waals surface area (Å²) in [7, 11) is 1.34. The number of Topliss-reactive ketones (excluding diaryl/α,β-unsaturated/α-hetero) is 1. The van der Waals surface area contributed by atoms with Crippen LogP contribution in [0.1, 0.15) is 41.5 Å². The number of anilines is 1. The zero-order valence-electron chi connectivity index (χ0n) is 16.1. The Labute approximate surface area is 160 Å². The molecule has 5 nitrogen and oxygen atoms in total. The molecule has 0 amide bonds. The molecule has 0 saturated carbocycles. The third-order valence-electron chi connectivity index (χ3n) is 3.94. The number of hydrogen-bond acceptors (Lipinski definition) is 5. The third-order valence-corrected chi connectivity index (χ3v) is 3.94. The highest BCUT2D eigenvalue weighted by Gasteiger charge is 2.16. The molecule has 0 aromatic heterocycles. The Balaban J connectivity index is 2.02. The highest BCUT2D eigenvalue weighted by molar-refractivity contribution is 6.01. The highest BCUT2D eigenvalue weighted by Crippen LogP contribution is 2.17. The number of esters is 1. The summed E-state index contributed by atoms with van der Waals surface area (Å²) in [6, 6.07) is 13.5. The molecule has 0 bridgehead atoms. The van der Waals surface area contributed by atoms with E-state index in [0.717, 1.165) is 5.69 Å². The Morgan fingerprint density at radius 3 is 2.41 bits per heavy atom. The molecular weight excluding hydrogens is 342 g/mol. The zero-order chi connectivity index (χ0) is 19.8. The van der Waals surface area contributed by atoms with Crippen LogP contribution in [0.5, 0.6) is 5.75 Å². The lowest BCUT2D eigenvalue weighted by molar-refractivity contribution is 0.0600. The Morgan fingerprint density at radius 1 is 1.07 bits per heavy atom. The molecular formula is C22H25NO4. The van der Waals surface area contributed by atoms with E-state index in [-0.39, 0.29) is 5.78 Å². The summed E-state index contributed by atoms with van der Waals surface area (Å²) >= 11 is 0. The smallest absolute Gasteiger partial charge is 0.337 e. The molecule has 0 saturated heterocycles. The van der Waals surface area contributed by atoms with Gasteiger partial charge < -0.3 is 14.8 Å². The predicted octanol–water partition coefficient (Wildman–Crippen LogP) is 4.50. The first-order chi connectivity index (χ1) is 12.9. The van der Waals surface area contributed by atoms with Crippen LogP contribution in [0.2, 0.25) is 0 Å². The molecule has 2 rings (SSSR count). The van der Waals surface area contributed by atoms with Gasteiger partial charge in [-0.1, -0.05) is 17.7 Å². The first kappa shape index (κ1) is 20.2. The third kappa shape index (κ3) is 5.99. The fourth-order valence-corrected chi connectivity index (χ4v) is 2.43. The van der Waals surface area contributed by atoms with Gasteiger partial charge >= 0.3 is 5.97 Å². The van der Waals surface area contributed by atoms with Gasteiger partial charge in [0.1, 0.15) is 12.4 Å². The number of benzene rings is 2. The van der Waals surface area contributed by atoms with E-state index in [2.05, 4.69) is 10.1 Å². The molecule has 0 aliphatic rings. The molecule has 2 aromatic carbocycles.